The lowest BCUT2D eigenvalue weighted by molar-refractivity contribution is 0.660. The molecule has 4 aliphatic carbocycles. The van der Waals surface area contributed by atoms with E-state index in [1.54, 1.807) is 0 Å². The third kappa shape index (κ3) is 4.79. The van der Waals surface area contributed by atoms with Gasteiger partial charge in [0.05, 0.1) is 11.1 Å². The maximum absolute atomic E-state index is 6.90. The first kappa shape index (κ1) is 35.8. The molecular formula is C59H45NO. The van der Waals surface area contributed by atoms with Crippen LogP contribution in [-0.2, 0) is 10.8 Å². The minimum Gasteiger partial charge on any atom is -0.455 e. The second-order valence-electron chi connectivity index (χ2n) is 17.5. The van der Waals surface area contributed by atoms with E-state index < -0.39 is 5.41 Å². The predicted octanol–water partition coefficient (Wildman–Crippen LogP) is 15.5. The molecule has 0 aliphatic heterocycles. The van der Waals surface area contributed by atoms with E-state index in [1.807, 2.05) is 0 Å². The Kier molecular flexibility index (Phi) is 7.72. The molecule has 292 valence electrons. The highest BCUT2D eigenvalue weighted by Gasteiger charge is 2.54. The molecule has 0 N–H and O–H groups in total. The zero-order valence-corrected chi connectivity index (χ0v) is 34.9. The van der Waals surface area contributed by atoms with Gasteiger partial charge in [0.1, 0.15) is 11.2 Å². The van der Waals surface area contributed by atoms with Crippen LogP contribution in [0.2, 0.25) is 0 Å². The van der Waals surface area contributed by atoms with Crippen LogP contribution in [0.1, 0.15) is 61.1 Å². The van der Waals surface area contributed by atoms with E-state index >= 15 is 0 Å². The second kappa shape index (κ2) is 13.2. The molecule has 0 bridgehead atoms. The number of hydrogen-bond donors (Lipinski definition) is 0. The van der Waals surface area contributed by atoms with Crippen molar-refractivity contribution in [1.29, 1.82) is 0 Å². The van der Waals surface area contributed by atoms with Crippen LogP contribution in [0.3, 0.4) is 0 Å². The summed E-state index contributed by atoms with van der Waals surface area (Å²) in [6.45, 7) is 9.16. The summed E-state index contributed by atoms with van der Waals surface area (Å²) < 4.78 is 6.90. The van der Waals surface area contributed by atoms with Gasteiger partial charge in [-0.3, -0.25) is 0 Å². The standard InChI is InChI=1S/C59H45NO/c1-5-6-7-29-52(39-20-9-8-19-37(39)2)60(38-32-33-42-40-21-10-14-26-47(40)58(3,4)51(42)36-38)53-30-18-25-44-41-22-11-15-27-48(41)59(56(44)53)49-28-16-12-24-46(49)55-50(59)35-34-45-43-23-13-17-31-54(43)61-57(45)55/h5-37H,1-4H3/b6-5-,29-7-,52-39-. The fourth-order valence-electron chi connectivity index (χ4n) is 11.4. The van der Waals surface area contributed by atoms with E-state index in [2.05, 4.69) is 227 Å². The van der Waals surface area contributed by atoms with E-state index in [0.29, 0.717) is 0 Å². The Hall–Kier alpha value is -7.16. The minimum absolute atomic E-state index is 0.167. The molecule has 12 rings (SSSR count). The zero-order valence-electron chi connectivity index (χ0n) is 34.9. The number of hydrogen-bond acceptors (Lipinski definition) is 2. The average molecular weight is 784 g/mol. The maximum Gasteiger partial charge on any atom is 0.143 e. The van der Waals surface area contributed by atoms with Crippen molar-refractivity contribution >= 4 is 33.3 Å². The molecule has 0 fully saturated rings. The molecule has 4 aliphatic rings. The third-order valence-electron chi connectivity index (χ3n) is 14.0. The van der Waals surface area contributed by atoms with Gasteiger partial charge >= 0.3 is 0 Å². The molecule has 2 unspecified atom stereocenters. The van der Waals surface area contributed by atoms with Gasteiger partial charge in [-0.25, -0.2) is 0 Å². The van der Waals surface area contributed by atoms with Gasteiger partial charge in [0.15, 0.2) is 0 Å². The minimum atomic E-state index is -0.622. The average Bonchev–Trinajstić information content (AvgIpc) is 3.99. The summed E-state index contributed by atoms with van der Waals surface area (Å²) in [5, 5.41) is 2.30. The molecule has 2 atom stereocenters. The van der Waals surface area contributed by atoms with Gasteiger partial charge < -0.3 is 9.32 Å². The fraction of sp³-hybridized carbons (Fsp3) is 0.119. The van der Waals surface area contributed by atoms with Crippen LogP contribution >= 0.6 is 0 Å². The van der Waals surface area contributed by atoms with Crippen LogP contribution in [0, 0.1) is 5.92 Å². The van der Waals surface area contributed by atoms with E-state index in [9.17, 15) is 0 Å². The van der Waals surface area contributed by atoms with Crippen molar-refractivity contribution in [3.05, 3.63) is 239 Å². The lowest BCUT2D eigenvalue weighted by Gasteiger charge is -2.37. The van der Waals surface area contributed by atoms with Crippen molar-refractivity contribution in [2.24, 2.45) is 5.92 Å². The van der Waals surface area contributed by atoms with Gasteiger partial charge in [-0.1, -0.05) is 185 Å². The SMILES string of the molecule is C\C=C/C=C\C(=C1/C=CC=CC1C)N(c1ccc2c(c1)C(C)(C)c1ccccc1-2)c1cccc2c1C1(c3ccccc3-2)c2ccccc2-c2c1ccc1c2oc2ccccc21. The van der Waals surface area contributed by atoms with E-state index in [-0.39, 0.29) is 11.3 Å². The molecule has 8 aromatic rings. The Morgan fingerprint density at radius 1 is 0.607 bits per heavy atom. The van der Waals surface area contributed by atoms with Crippen LogP contribution in [0.4, 0.5) is 11.4 Å². The first-order valence-corrected chi connectivity index (χ1v) is 21.6. The first-order valence-electron chi connectivity index (χ1n) is 21.6. The number of para-hydroxylation sites is 1. The van der Waals surface area contributed by atoms with Crippen LogP contribution in [0.5, 0.6) is 0 Å². The number of anilines is 2. The molecule has 0 saturated carbocycles. The van der Waals surface area contributed by atoms with Crippen molar-refractivity contribution < 1.29 is 4.42 Å². The number of furan rings is 1. The zero-order chi connectivity index (χ0) is 41.0. The molecule has 61 heavy (non-hydrogen) atoms. The summed E-state index contributed by atoms with van der Waals surface area (Å²) in [7, 11) is 0. The lowest BCUT2D eigenvalue weighted by atomic mass is 9.69. The number of rotatable bonds is 5. The second-order valence-corrected chi connectivity index (χ2v) is 17.5. The Labute approximate surface area is 357 Å². The molecule has 0 amide bonds. The molecule has 7 aromatic carbocycles. The fourth-order valence-corrected chi connectivity index (χ4v) is 11.4. The van der Waals surface area contributed by atoms with Gasteiger partial charge in [-0.05, 0) is 98.5 Å². The highest BCUT2D eigenvalue weighted by atomic mass is 16.3. The molecule has 0 radical (unpaired) electrons. The Bertz CT molecular complexity index is 3320. The van der Waals surface area contributed by atoms with E-state index in [1.165, 1.54) is 72.3 Å². The largest absolute Gasteiger partial charge is 0.455 e. The summed E-state index contributed by atoms with van der Waals surface area (Å²) in [6, 6.07) is 54.5. The van der Waals surface area contributed by atoms with Gasteiger partial charge in [0, 0.05) is 44.6 Å². The summed E-state index contributed by atoms with van der Waals surface area (Å²) in [4.78, 5) is 2.58. The van der Waals surface area contributed by atoms with Crippen LogP contribution < -0.4 is 4.90 Å². The molecular weight excluding hydrogens is 739 g/mol. The highest BCUT2D eigenvalue weighted by Crippen LogP contribution is 2.66. The van der Waals surface area contributed by atoms with Crippen molar-refractivity contribution in [1.82, 2.24) is 0 Å². The van der Waals surface area contributed by atoms with Gasteiger partial charge in [0.25, 0.3) is 0 Å². The molecule has 2 nitrogen and oxygen atoms in total. The number of nitrogens with zero attached hydrogens (tertiary/aromatic N) is 1. The Morgan fingerprint density at radius 3 is 2.10 bits per heavy atom. The maximum atomic E-state index is 6.90. The molecule has 1 heterocycles. The van der Waals surface area contributed by atoms with Crippen molar-refractivity contribution in [2.75, 3.05) is 4.90 Å². The van der Waals surface area contributed by atoms with Crippen LogP contribution in [0.15, 0.2) is 210 Å². The first-order chi connectivity index (χ1) is 29.9. The van der Waals surface area contributed by atoms with Gasteiger partial charge in [0.2, 0.25) is 0 Å². The van der Waals surface area contributed by atoms with Gasteiger partial charge in [-0.15, -0.1) is 0 Å². The van der Waals surface area contributed by atoms with Gasteiger partial charge in [-0.2, -0.15) is 0 Å². The monoisotopic (exact) mass is 783 g/mol. The number of benzene rings is 7. The van der Waals surface area contributed by atoms with E-state index in [4.69, 9.17) is 4.42 Å². The normalized spacial score (nSPS) is 19.4. The van der Waals surface area contributed by atoms with Crippen molar-refractivity contribution in [2.45, 2.75) is 38.5 Å². The van der Waals surface area contributed by atoms with Crippen molar-refractivity contribution in [3.63, 3.8) is 0 Å². The number of fused-ring (bicyclic) bond motifs is 17. The molecule has 2 heteroatoms. The Morgan fingerprint density at radius 2 is 1.30 bits per heavy atom. The third-order valence-corrected chi connectivity index (χ3v) is 14.0. The molecule has 0 saturated heterocycles. The Balaban J connectivity index is 1.21. The van der Waals surface area contributed by atoms with Crippen LogP contribution in [-0.4, -0.2) is 0 Å². The molecule has 1 aromatic heterocycles. The topological polar surface area (TPSA) is 16.4 Å². The molecule has 1 spiro atoms. The number of allylic oxidation sites excluding steroid dienone is 9. The summed E-state index contributed by atoms with van der Waals surface area (Å²) >= 11 is 0. The lowest BCUT2D eigenvalue weighted by Crippen LogP contribution is -2.29. The van der Waals surface area contributed by atoms with Crippen molar-refractivity contribution in [3.8, 4) is 33.4 Å². The summed E-state index contributed by atoms with van der Waals surface area (Å²) in [6.07, 6.45) is 17.8. The highest BCUT2D eigenvalue weighted by molar-refractivity contribution is 6.13. The summed E-state index contributed by atoms with van der Waals surface area (Å²) in [5.74, 6) is 0.199. The smallest absolute Gasteiger partial charge is 0.143 e. The summed E-state index contributed by atoms with van der Waals surface area (Å²) in [5.41, 5.74) is 21.2. The predicted molar refractivity (Wildman–Crippen MR) is 255 cm³/mol. The van der Waals surface area contributed by atoms with Crippen LogP contribution in [0.25, 0.3) is 55.3 Å². The van der Waals surface area contributed by atoms with E-state index in [0.717, 1.165) is 39.0 Å². The quantitative estimate of drug-likeness (QED) is 0.162.